The molecule has 1 heterocycles. The van der Waals surface area contributed by atoms with Gasteiger partial charge in [-0.3, -0.25) is 4.79 Å². The van der Waals surface area contributed by atoms with Crippen LogP contribution in [0.4, 0.5) is 0 Å². The van der Waals surface area contributed by atoms with Crippen LogP contribution in [0.15, 0.2) is 23.8 Å². The maximum atomic E-state index is 12.0. The third kappa shape index (κ3) is 4.21. The molecule has 21 heavy (non-hydrogen) atoms. The molecule has 1 aliphatic rings. The second kappa shape index (κ2) is 7.46. The number of carbonyl (C=O) groups is 1. The van der Waals surface area contributed by atoms with Gasteiger partial charge in [-0.1, -0.05) is 35.3 Å². The number of benzene rings is 1. The minimum absolute atomic E-state index is 0.0165. The van der Waals surface area contributed by atoms with E-state index in [-0.39, 0.29) is 11.7 Å². The lowest BCUT2D eigenvalue weighted by Gasteiger charge is -2.10. The normalized spacial score (nSPS) is 18.3. The summed E-state index contributed by atoms with van der Waals surface area (Å²) in [6.07, 6.45) is 3.38. The van der Waals surface area contributed by atoms with Gasteiger partial charge in [0.25, 0.3) is 5.91 Å². The summed E-state index contributed by atoms with van der Waals surface area (Å²) >= 11 is 11.9. The van der Waals surface area contributed by atoms with E-state index in [0.717, 1.165) is 19.4 Å². The van der Waals surface area contributed by atoms with E-state index in [1.54, 1.807) is 18.2 Å². The highest BCUT2D eigenvalue weighted by molar-refractivity contribution is 6.43. The van der Waals surface area contributed by atoms with Crippen molar-refractivity contribution in [2.24, 2.45) is 0 Å². The van der Waals surface area contributed by atoms with Crippen LogP contribution in [-0.4, -0.2) is 25.2 Å². The Kier molecular flexibility index (Phi) is 5.63. The molecule has 0 radical (unpaired) electrons. The summed E-state index contributed by atoms with van der Waals surface area (Å²) in [5.41, 5.74) is 0.519. The zero-order valence-electron chi connectivity index (χ0n) is 11.2. The smallest absolute Gasteiger partial charge is 0.262 e. The molecule has 0 aromatic heterocycles. The highest BCUT2D eigenvalue weighted by Crippen LogP contribution is 2.27. The first-order valence-corrected chi connectivity index (χ1v) is 7.33. The molecule has 110 valence electrons. The molecule has 0 bridgehead atoms. The van der Waals surface area contributed by atoms with Crippen LogP contribution in [0.25, 0.3) is 6.08 Å². The Labute approximate surface area is 133 Å². The summed E-state index contributed by atoms with van der Waals surface area (Å²) in [5.74, 6) is -0.441. The molecule has 6 heteroatoms. The van der Waals surface area contributed by atoms with Crippen LogP contribution in [0.3, 0.4) is 0 Å². The average Bonchev–Trinajstić information content (AvgIpc) is 2.99. The monoisotopic (exact) mass is 324 g/mol. The molecule has 1 aliphatic heterocycles. The van der Waals surface area contributed by atoms with Gasteiger partial charge in [0.2, 0.25) is 0 Å². The van der Waals surface area contributed by atoms with Gasteiger partial charge in [-0.15, -0.1) is 0 Å². The number of rotatable bonds is 4. The molecular weight excluding hydrogens is 311 g/mol. The molecule has 1 N–H and O–H groups in total. The van der Waals surface area contributed by atoms with Crippen molar-refractivity contribution in [3.05, 3.63) is 39.4 Å². The molecule has 2 rings (SSSR count). The fraction of sp³-hybridized carbons (Fsp3) is 0.333. The van der Waals surface area contributed by atoms with Gasteiger partial charge < -0.3 is 10.1 Å². The van der Waals surface area contributed by atoms with Crippen molar-refractivity contribution in [2.75, 3.05) is 13.2 Å². The Morgan fingerprint density at radius 1 is 1.52 bits per heavy atom. The van der Waals surface area contributed by atoms with Gasteiger partial charge in [0.1, 0.15) is 11.6 Å². The lowest BCUT2D eigenvalue weighted by Crippen LogP contribution is -2.32. The molecule has 1 atom stereocenters. The minimum atomic E-state index is -0.441. The van der Waals surface area contributed by atoms with Crippen LogP contribution < -0.4 is 5.32 Å². The largest absolute Gasteiger partial charge is 0.376 e. The fourth-order valence-electron chi connectivity index (χ4n) is 2.04. The lowest BCUT2D eigenvalue weighted by molar-refractivity contribution is -0.117. The first-order valence-electron chi connectivity index (χ1n) is 6.57. The number of halogens is 2. The van der Waals surface area contributed by atoms with Crippen molar-refractivity contribution in [3.63, 3.8) is 0 Å². The van der Waals surface area contributed by atoms with Crippen LogP contribution in [-0.2, 0) is 9.53 Å². The van der Waals surface area contributed by atoms with Crippen molar-refractivity contribution in [2.45, 2.75) is 18.9 Å². The van der Waals surface area contributed by atoms with Crippen molar-refractivity contribution >= 4 is 35.2 Å². The van der Waals surface area contributed by atoms with Gasteiger partial charge in [-0.25, -0.2) is 0 Å². The second-order valence-electron chi connectivity index (χ2n) is 4.66. The number of hydrogen-bond acceptors (Lipinski definition) is 3. The topological polar surface area (TPSA) is 62.1 Å². The van der Waals surface area contributed by atoms with Crippen molar-refractivity contribution in [1.29, 1.82) is 5.26 Å². The van der Waals surface area contributed by atoms with Gasteiger partial charge in [0, 0.05) is 13.2 Å². The number of carbonyl (C=O) groups excluding carboxylic acids is 1. The molecule has 1 aromatic rings. The summed E-state index contributed by atoms with van der Waals surface area (Å²) in [7, 11) is 0. The summed E-state index contributed by atoms with van der Waals surface area (Å²) in [5, 5.41) is 12.5. The number of nitriles is 1. The number of ether oxygens (including phenoxy) is 1. The zero-order chi connectivity index (χ0) is 15.2. The molecule has 1 aromatic carbocycles. The molecule has 1 unspecified atom stereocenters. The minimum Gasteiger partial charge on any atom is -0.376 e. The number of amides is 1. The number of hydrogen-bond donors (Lipinski definition) is 1. The quantitative estimate of drug-likeness (QED) is 0.683. The van der Waals surface area contributed by atoms with Gasteiger partial charge >= 0.3 is 0 Å². The highest BCUT2D eigenvalue weighted by Gasteiger charge is 2.17. The first-order chi connectivity index (χ1) is 10.1. The average molecular weight is 325 g/mol. The van der Waals surface area contributed by atoms with Gasteiger partial charge in [-0.05, 0) is 30.5 Å². The van der Waals surface area contributed by atoms with Crippen LogP contribution in [0.1, 0.15) is 18.4 Å². The van der Waals surface area contributed by atoms with E-state index in [9.17, 15) is 4.79 Å². The predicted octanol–water partition coefficient (Wildman–Crippen LogP) is 3.20. The maximum absolute atomic E-state index is 12.0. The zero-order valence-corrected chi connectivity index (χ0v) is 12.7. The van der Waals surface area contributed by atoms with E-state index < -0.39 is 5.91 Å². The summed E-state index contributed by atoms with van der Waals surface area (Å²) in [6.45, 7) is 1.13. The molecule has 0 spiro atoms. The van der Waals surface area contributed by atoms with Gasteiger partial charge in [0.15, 0.2) is 0 Å². The second-order valence-corrected chi connectivity index (χ2v) is 5.44. The molecule has 0 aliphatic carbocycles. The number of nitrogens with zero attached hydrogens (tertiary/aromatic N) is 1. The van der Waals surface area contributed by atoms with Crippen LogP contribution in [0.5, 0.6) is 0 Å². The van der Waals surface area contributed by atoms with E-state index in [0.29, 0.717) is 22.2 Å². The molecule has 0 saturated carbocycles. The Balaban J connectivity index is 2.07. The SMILES string of the molecule is N#C/C(=C\c1cccc(Cl)c1Cl)C(=O)NCC1CCCO1. The highest BCUT2D eigenvalue weighted by atomic mass is 35.5. The maximum Gasteiger partial charge on any atom is 0.262 e. The molecule has 1 fully saturated rings. The molecule has 4 nitrogen and oxygen atoms in total. The van der Waals surface area contributed by atoms with Crippen LogP contribution >= 0.6 is 23.2 Å². The van der Waals surface area contributed by atoms with Crippen LogP contribution in [0, 0.1) is 11.3 Å². The van der Waals surface area contributed by atoms with E-state index in [1.807, 2.05) is 6.07 Å². The predicted molar refractivity (Wildman–Crippen MR) is 82.0 cm³/mol. The van der Waals surface area contributed by atoms with Gasteiger partial charge in [-0.2, -0.15) is 5.26 Å². The van der Waals surface area contributed by atoms with Crippen molar-refractivity contribution in [1.82, 2.24) is 5.32 Å². The van der Waals surface area contributed by atoms with E-state index in [2.05, 4.69) is 5.32 Å². The Morgan fingerprint density at radius 3 is 3.00 bits per heavy atom. The fourth-order valence-corrected chi connectivity index (χ4v) is 2.41. The van der Waals surface area contributed by atoms with Crippen molar-refractivity contribution < 1.29 is 9.53 Å². The van der Waals surface area contributed by atoms with E-state index in [4.69, 9.17) is 33.2 Å². The summed E-state index contributed by atoms with van der Waals surface area (Å²) in [6, 6.07) is 6.92. The molecular formula is C15H14Cl2N2O2. The van der Waals surface area contributed by atoms with Crippen LogP contribution in [0.2, 0.25) is 10.0 Å². The first kappa shape index (κ1) is 15.8. The molecule has 1 amide bonds. The van der Waals surface area contributed by atoms with Crippen molar-refractivity contribution in [3.8, 4) is 6.07 Å². The Bertz CT molecular complexity index is 602. The Morgan fingerprint density at radius 2 is 2.33 bits per heavy atom. The van der Waals surface area contributed by atoms with Gasteiger partial charge in [0.05, 0.1) is 16.1 Å². The summed E-state index contributed by atoms with van der Waals surface area (Å²) in [4.78, 5) is 12.0. The third-order valence-electron chi connectivity index (χ3n) is 3.16. The molecule has 1 saturated heterocycles. The number of nitrogens with one attached hydrogen (secondary N) is 1. The Hall–Kier alpha value is -1.54. The lowest BCUT2D eigenvalue weighted by atomic mass is 10.1. The third-order valence-corrected chi connectivity index (χ3v) is 3.99. The summed E-state index contributed by atoms with van der Waals surface area (Å²) < 4.78 is 5.41. The van der Waals surface area contributed by atoms with E-state index in [1.165, 1.54) is 6.08 Å². The van der Waals surface area contributed by atoms with E-state index >= 15 is 0 Å². The standard InChI is InChI=1S/C15H14Cl2N2O2/c16-13-5-1-3-10(14(13)17)7-11(8-18)15(20)19-9-12-4-2-6-21-12/h1,3,5,7,12H,2,4,6,9H2,(H,19,20)/b11-7+.